The minimum atomic E-state index is 0.154. The molecule has 2 heterocycles. The molecule has 0 radical (unpaired) electrons. The maximum atomic E-state index is 9.40. The Hall–Kier alpha value is -2.56. The van der Waals surface area contributed by atoms with Crippen LogP contribution in [0.25, 0.3) is 23.0 Å². The van der Waals surface area contributed by atoms with Gasteiger partial charge in [0, 0.05) is 5.56 Å². The minimum absolute atomic E-state index is 0.154. The lowest BCUT2D eigenvalue weighted by molar-refractivity contribution is 0.428. The fraction of sp³-hybridized carbons (Fsp3) is 0.0769. The molecule has 1 aromatic carbocycles. The number of aromatic nitrogens is 2. The van der Waals surface area contributed by atoms with Gasteiger partial charge in [0.1, 0.15) is 5.75 Å². The summed E-state index contributed by atoms with van der Waals surface area (Å²) in [6.07, 6.45) is 1.58. The summed E-state index contributed by atoms with van der Waals surface area (Å²) in [4.78, 5) is 4.24. The van der Waals surface area contributed by atoms with E-state index in [1.54, 1.807) is 30.5 Å². The van der Waals surface area contributed by atoms with Crippen molar-refractivity contribution in [2.24, 2.45) is 0 Å². The summed E-state index contributed by atoms with van der Waals surface area (Å²) in [5.74, 6) is 1.49. The van der Waals surface area contributed by atoms with Gasteiger partial charge >= 0.3 is 0 Å². The third kappa shape index (κ3) is 1.75. The first-order chi connectivity index (χ1) is 8.74. The topological polar surface area (TPSA) is 72.3 Å². The highest BCUT2D eigenvalue weighted by molar-refractivity contribution is 5.59. The maximum Gasteiger partial charge on any atom is 0.258 e. The molecule has 3 rings (SSSR count). The van der Waals surface area contributed by atoms with Gasteiger partial charge in [-0.05, 0) is 36.8 Å². The molecule has 0 spiro atoms. The Morgan fingerprint density at radius 2 is 2.11 bits per heavy atom. The summed E-state index contributed by atoms with van der Waals surface area (Å²) >= 11 is 0. The average Bonchev–Trinajstić information content (AvgIpc) is 2.97. The van der Waals surface area contributed by atoms with Crippen molar-refractivity contribution < 1.29 is 14.0 Å². The van der Waals surface area contributed by atoms with E-state index in [4.69, 9.17) is 8.94 Å². The minimum Gasteiger partial charge on any atom is -0.508 e. The summed E-state index contributed by atoms with van der Waals surface area (Å²) in [6.45, 7) is 1.91. The van der Waals surface area contributed by atoms with Gasteiger partial charge < -0.3 is 14.0 Å². The quantitative estimate of drug-likeness (QED) is 0.747. The van der Waals surface area contributed by atoms with E-state index >= 15 is 0 Å². The Morgan fingerprint density at radius 1 is 1.22 bits per heavy atom. The van der Waals surface area contributed by atoms with E-state index in [9.17, 15) is 5.11 Å². The smallest absolute Gasteiger partial charge is 0.258 e. The third-order valence-corrected chi connectivity index (χ3v) is 2.58. The number of hydrogen-bond donors (Lipinski definition) is 1. The van der Waals surface area contributed by atoms with Gasteiger partial charge in [-0.3, -0.25) is 0 Å². The lowest BCUT2D eigenvalue weighted by Gasteiger charge is -1.94. The molecule has 0 bridgehead atoms. The second-order valence-corrected chi connectivity index (χ2v) is 3.91. The van der Waals surface area contributed by atoms with Crippen LogP contribution in [0.3, 0.4) is 0 Å². The van der Waals surface area contributed by atoms with E-state index in [0.717, 1.165) is 5.56 Å². The van der Waals surface area contributed by atoms with Gasteiger partial charge in [-0.15, -0.1) is 0 Å². The van der Waals surface area contributed by atoms with Crippen LogP contribution in [-0.4, -0.2) is 15.2 Å². The number of rotatable bonds is 2. The molecule has 0 unspecified atom stereocenters. The van der Waals surface area contributed by atoms with Gasteiger partial charge in [0.05, 0.1) is 6.26 Å². The van der Waals surface area contributed by atoms with Crippen molar-refractivity contribution in [1.82, 2.24) is 10.1 Å². The van der Waals surface area contributed by atoms with Crippen molar-refractivity contribution in [3.05, 3.63) is 42.2 Å². The first-order valence-corrected chi connectivity index (χ1v) is 5.41. The molecule has 0 fully saturated rings. The van der Waals surface area contributed by atoms with E-state index in [1.165, 1.54) is 0 Å². The SMILES string of the molecule is Cc1ccoc1-c1noc(-c2cccc(O)c2)n1. The zero-order valence-electron chi connectivity index (χ0n) is 9.62. The van der Waals surface area contributed by atoms with Gasteiger partial charge in [-0.2, -0.15) is 4.98 Å². The molecule has 0 aliphatic rings. The maximum absolute atomic E-state index is 9.40. The molecule has 90 valence electrons. The molecule has 18 heavy (non-hydrogen) atoms. The molecule has 0 saturated heterocycles. The van der Waals surface area contributed by atoms with Crippen LogP contribution in [-0.2, 0) is 0 Å². The molecule has 0 aliphatic carbocycles. The third-order valence-electron chi connectivity index (χ3n) is 2.58. The van der Waals surface area contributed by atoms with Gasteiger partial charge in [0.25, 0.3) is 5.89 Å². The number of phenolic OH excluding ortho intramolecular Hbond substituents is 1. The zero-order chi connectivity index (χ0) is 12.5. The van der Waals surface area contributed by atoms with E-state index in [2.05, 4.69) is 10.1 Å². The summed E-state index contributed by atoms with van der Waals surface area (Å²) in [5, 5.41) is 13.3. The summed E-state index contributed by atoms with van der Waals surface area (Å²) in [7, 11) is 0. The predicted molar refractivity (Wildman–Crippen MR) is 63.8 cm³/mol. The van der Waals surface area contributed by atoms with Gasteiger partial charge in [0.15, 0.2) is 5.76 Å². The molecule has 3 aromatic rings. The first-order valence-electron chi connectivity index (χ1n) is 5.41. The Kier molecular flexibility index (Phi) is 2.37. The highest BCUT2D eigenvalue weighted by Crippen LogP contribution is 2.26. The lowest BCUT2D eigenvalue weighted by Crippen LogP contribution is -1.81. The highest BCUT2D eigenvalue weighted by atomic mass is 16.5. The van der Waals surface area contributed by atoms with E-state index < -0.39 is 0 Å². The average molecular weight is 242 g/mol. The Balaban J connectivity index is 2.02. The molecule has 5 nitrogen and oxygen atoms in total. The van der Waals surface area contributed by atoms with Crippen LogP contribution in [0.2, 0.25) is 0 Å². The van der Waals surface area contributed by atoms with Crippen LogP contribution in [0.4, 0.5) is 0 Å². The van der Waals surface area contributed by atoms with Crippen molar-refractivity contribution >= 4 is 0 Å². The van der Waals surface area contributed by atoms with Gasteiger partial charge in [-0.1, -0.05) is 11.2 Å². The van der Waals surface area contributed by atoms with E-state index in [1.807, 2.05) is 13.0 Å². The van der Waals surface area contributed by atoms with Crippen molar-refractivity contribution in [3.63, 3.8) is 0 Å². The molecular weight excluding hydrogens is 232 g/mol. The largest absolute Gasteiger partial charge is 0.508 e. The van der Waals surface area contributed by atoms with Crippen molar-refractivity contribution in [1.29, 1.82) is 0 Å². The number of phenols is 1. The summed E-state index contributed by atoms with van der Waals surface area (Å²) < 4.78 is 10.4. The van der Waals surface area contributed by atoms with Crippen molar-refractivity contribution in [2.45, 2.75) is 6.92 Å². The molecule has 2 aromatic heterocycles. The fourth-order valence-electron chi connectivity index (χ4n) is 1.67. The van der Waals surface area contributed by atoms with E-state index in [-0.39, 0.29) is 5.75 Å². The van der Waals surface area contributed by atoms with E-state index in [0.29, 0.717) is 23.0 Å². The molecule has 0 amide bonds. The van der Waals surface area contributed by atoms with Crippen molar-refractivity contribution in [3.8, 4) is 28.8 Å². The molecule has 5 heteroatoms. The number of aromatic hydroxyl groups is 1. The number of furan rings is 1. The van der Waals surface area contributed by atoms with Crippen LogP contribution in [0.15, 0.2) is 45.5 Å². The normalized spacial score (nSPS) is 10.7. The summed E-state index contributed by atoms with van der Waals surface area (Å²) in [6, 6.07) is 8.47. The standard InChI is InChI=1S/C13H10N2O3/c1-8-5-6-17-11(8)12-14-13(18-15-12)9-3-2-4-10(16)7-9/h2-7,16H,1H3. The lowest BCUT2D eigenvalue weighted by atomic mass is 10.2. The number of aryl methyl sites for hydroxylation is 1. The van der Waals surface area contributed by atoms with Crippen LogP contribution in [0.1, 0.15) is 5.56 Å². The number of hydrogen-bond acceptors (Lipinski definition) is 5. The predicted octanol–water partition coefficient (Wildman–Crippen LogP) is 3.01. The Bertz CT molecular complexity index is 685. The molecule has 1 N–H and O–H groups in total. The van der Waals surface area contributed by atoms with Gasteiger partial charge in [-0.25, -0.2) is 0 Å². The fourth-order valence-corrected chi connectivity index (χ4v) is 1.67. The second kappa shape index (κ2) is 4.03. The second-order valence-electron chi connectivity index (χ2n) is 3.91. The van der Waals surface area contributed by atoms with Crippen molar-refractivity contribution in [2.75, 3.05) is 0 Å². The highest BCUT2D eigenvalue weighted by Gasteiger charge is 2.14. The number of benzene rings is 1. The zero-order valence-corrected chi connectivity index (χ0v) is 9.62. The van der Waals surface area contributed by atoms with Gasteiger partial charge in [0.2, 0.25) is 5.82 Å². The van der Waals surface area contributed by atoms with Crippen LogP contribution >= 0.6 is 0 Å². The molecule has 0 saturated carbocycles. The Morgan fingerprint density at radius 3 is 2.83 bits per heavy atom. The molecular formula is C13H10N2O3. The van der Waals surface area contributed by atoms with Crippen LogP contribution in [0.5, 0.6) is 5.75 Å². The molecule has 0 aliphatic heterocycles. The number of nitrogens with zero attached hydrogens (tertiary/aromatic N) is 2. The summed E-state index contributed by atoms with van der Waals surface area (Å²) in [5.41, 5.74) is 1.61. The Labute approximate surface area is 103 Å². The molecule has 0 atom stereocenters. The monoisotopic (exact) mass is 242 g/mol. The van der Waals surface area contributed by atoms with Crippen LogP contribution < -0.4 is 0 Å². The van der Waals surface area contributed by atoms with Crippen LogP contribution in [0, 0.1) is 6.92 Å². The first kappa shape index (κ1) is 10.6.